The van der Waals surface area contributed by atoms with Gasteiger partial charge in [-0.3, -0.25) is 10.4 Å². The molecule has 0 aliphatic carbocycles. The van der Waals surface area contributed by atoms with E-state index < -0.39 is 18.0 Å². The van der Waals surface area contributed by atoms with E-state index in [1.807, 2.05) is 5.32 Å². The van der Waals surface area contributed by atoms with Crippen LogP contribution in [0.5, 0.6) is 0 Å². The van der Waals surface area contributed by atoms with Crippen molar-refractivity contribution in [1.82, 2.24) is 15.5 Å². The number of aryl methyl sites for hydroxylation is 1. The van der Waals surface area contributed by atoms with Crippen molar-refractivity contribution in [3.05, 3.63) is 11.8 Å². The average molecular weight is 290 g/mol. The number of anilines is 1. The minimum absolute atomic E-state index is 0.0706. The van der Waals surface area contributed by atoms with Crippen LogP contribution >= 0.6 is 0 Å². The van der Waals surface area contributed by atoms with Crippen LogP contribution in [0.15, 0.2) is 6.07 Å². The summed E-state index contributed by atoms with van der Waals surface area (Å²) in [6, 6.07) is 0.607. The highest BCUT2D eigenvalue weighted by Crippen LogP contribution is 2.19. The Kier molecular flexibility index (Phi) is 5.42. The Morgan fingerprint density at radius 2 is 2.20 bits per heavy atom. The fraction of sp³-hybridized carbons (Fsp3) is 0.545. The molecule has 1 aromatic heterocycles. The number of carbonyl (C=O) groups is 2. The van der Waals surface area contributed by atoms with Crippen LogP contribution in [-0.4, -0.2) is 34.9 Å². The molecule has 3 amide bonds. The van der Waals surface area contributed by atoms with Gasteiger partial charge in [-0.05, 0) is 20.3 Å². The monoisotopic (exact) mass is 290 g/mol. The van der Waals surface area contributed by atoms with Crippen molar-refractivity contribution in [3.63, 3.8) is 0 Å². The van der Waals surface area contributed by atoms with E-state index in [-0.39, 0.29) is 25.3 Å². The Morgan fingerprint density at radius 3 is 2.80 bits per heavy atom. The number of carbonyl (C=O) groups excluding carboxylic acids is 2. The molecule has 0 unspecified atom stereocenters. The number of alkyl carbamates (subject to hydrolysis) is 1. The third kappa shape index (κ3) is 6.12. The molecule has 0 bridgehead atoms. The summed E-state index contributed by atoms with van der Waals surface area (Å²) in [6.07, 6.45) is -1.15. The molecular formula is C11H16F2N4O3. The Morgan fingerprint density at radius 1 is 1.50 bits per heavy atom. The second kappa shape index (κ2) is 6.83. The molecule has 0 aromatic carbocycles. The largest absolute Gasteiger partial charge is 0.450 e. The maximum absolute atomic E-state index is 12.7. The number of rotatable bonds is 5. The first-order valence-corrected chi connectivity index (χ1v) is 5.97. The van der Waals surface area contributed by atoms with Crippen LogP contribution in [-0.2, 0) is 11.2 Å². The quantitative estimate of drug-likeness (QED) is 0.775. The second-order valence-corrected chi connectivity index (χ2v) is 4.14. The fourth-order valence-corrected chi connectivity index (χ4v) is 1.32. The van der Waals surface area contributed by atoms with Crippen LogP contribution in [0, 0.1) is 0 Å². The summed E-state index contributed by atoms with van der Waals surface area (Å²) in [5.74, 6) is -2.57. The predicted molar refractivity (Wildman–Crippen MR) is 66.7 cm³/mol. The third-order valence-corrected chi connectivity index (χ3v) is 2.19. The SMILES string of the molecule is CCOC(=O)NC(=O)Nc1cc(CCC(C)(F)F)n[nH]1. The van der Waals surface area contributed by atoms with Crippen LogP contribution in [0.1, 0.15) is 26.0 Å². The van der Waals surface area contributed by atoms with Crippen molar-refractivity contribution in [2.45, 2.75) is 32.6 Å². The van der Waals surface area contributed by atoms with Crippen LogP contribution in [0.4, 0.5) is 24.2 Å². The molecule has 112 valence electrons. The van der Waals surface area contributed by atoms with Gasteiger partial charge in [-0.2, -0.15) is 5.10 Å². The van der Waals surface area contributed by atoms with Crippen LogP contribution < -0.4 is 10.6 Å². The lowest BCUT2D eigenvalue weighted by atomic mass is 10.1. The lowest BCUT2D eigenvalue weighted by molar-refractivity contribution is 0.0130. The first-order valence-electron chi connectivity index (χ1n) is 5.97. The standard InChI is InChI=1S/C11H16F2N4O3/c1-3-20-10(19)15-9(18)14-8-6-7(16-17-8)4-5-11(2,12)13/h6H,3-5H2,1-2H3,(H3,14,15,16,17,18,19). The zero-order chi connectivity index (χ0) is 15.2. The molecule has 0 radical (unpaired) electrons. The van der Waals surface area contributed by atoms with Crippen LogP contribution in [0.3, 0.4) is 0 Å². The maximum Gasteiger partial charge on any atom is 0.415 e. The molecule has 0 spiro atoms. The van der Waals surface area contributed by atoms with Crippen molar-refractivity contribution in [3.8, 4) is 0 Å². The molecule has 0 saturated heterocycles. The minimum atomic E-state index is -2.77. The minimum Gasteiger partial charge on any atom is -0.450 e. The van der Waals surface area contributed by atoms with E-state index >= 15 is 0 Å². The number of aromatic amines is 1. The Bertz CT molecular complexity index is 470. The molecule has 0 saturated carbocycles. The summed E-state index contributed by atoms with van der Waals surface area (Å²) in [6.45, 7) is 2.56. The second-order valence-electron chi connectivity index (χ2n) is 4.14. The van der Waals surface area contributed by atoms with Crippen LogP contribution in [0.2, 0.25) is 0 Å². The van der Waals surface area contributed by atoms with Crippen molar-refractivity contribution in [2.75, 3.05) is 11.9 Å². The van der Waals surface area contributed by atoms with Gasteiger partial charge in [0, 0.05) is 12.5 Å². The molecule has 0 atom stereocenters. The molecular weight excluding hydrogens is 274 g/mol. The zero-order valence-electron chi connectivity index (χ0n) is 11.1. The van der Waals surface area contributed by atoms with Crippen molar-refractivity contribution >= 4 is 17.9 Å². The van der Waals surface area contributed by atoms with E-state index in [4.69, 9.17) is 0 Å². The molecule has 3 N–H and O–H groups in total. The Hall–Kier alpha value is -2.19. The van der Waals surface area contributed by atoms with Gasteiger partial charge in [0.25, 0.3) is 0 Å². The van der Waals surface area contributed by atoms with Gasteiger partial charge >= 0.3 is 12.1 Å². The topological polar surface area (TPSA) is 96.1 Å². The van der Waals surface area contributed by atoms with Crippen molar-refractivity contribution in [2.24, 2.45) is 0 Å². The highest BCUT2D eigenvalue weighted by Gasteiger charge is 2.21. The molecule has 1 heterocycles. The number of aromatic nitrogens is 2. The normalized spacial score (nSPS) is 11.0. The van der Waals surface area contributed by atoms with E-state index in [1.165, 1.54) is 6.07 Å². The summed E-state index contributed by atoms with van der Waals surface area (Å²) in [7, 11) is 0. The number of nitrogens with zero attached hydrogens (tertiary/aromatic N) is 1. The van der Waals surface area contributed by atoms with E-state index in [9.17, 15) is 18.4 Å². The molecule has 9 heteroatoms. The van der Waals surface area contributed by atoms with E-state index in [1.54, 1.807) is 6.92 Å². The lowest BCUT2D eigenvalue weighted by Crippen LogP contribution is -2.34. The van der Waals surface area contributed by atoms with Crippen molar-refractivity contribution in [1.29, 1.82) is 0 Å². The van der Waals surface area contributed by atoms with Gasteiger partial charge in [-0.25, -0.2) is 23.7 Å². The smallest absolute Gasteiger partial charge is 0.415 e. The summed E-state index contributed by atoms with van der Waals surface area (Å²) >= 11 is 0. The number of halogens is 2. The van der Waals surface area contributed by atoms with E-state index in [2.05, 4.69) is 20.3 Å². The van der Waals surface area contributed by atoms with E-state index in [0.29, 0.717) is 5.69 Å². The zero-order valence-corrected chi connectivity index (χ0v) is 11.1. The molecule has 1 rings (SSSR count). The average Bonchev–Trinajstić information content (AvgIpc) is 2.73. The first-order chi connectivity index (χ1) is 9.30. The number of alkyl halides is 2. The number of imide groups is 1. The number of amides is 3. The van der Waals surface area contributed by atoms with Gasteiger partial charge in [0.2, 0.25) is 5.92 Å². The van der Waals surface area contributed by atoms with Crippen LogP contribution in [0.25, 0.3) is 0 Å². The Balaban J connectivity index is 2.43. The predicted octanol–water partition coefficient (Wildman–Crippen LogP) is 2.28. The fourth-order valence-electron chi connectivity index (χ4n) is 1.32. The summed E-state index contributed by atoms with van der Waals surface area (Å²) in [5, 5.41) is 10.4. The summed E-state index contributed by atoms with van der Waals surface area (Å²) < 4.78 is 29.9. The maximum atomic E-state index is 12.7. The highest BCUT2D eigenvalue weighted by atomic mass is 19.3. The highest BCUT2D eigenvalue weighted by molar-refractivity contribution is 5.98. The Labute approximate surface area is 114 Å². The van der Waals surface area contributed by atoms with Gasteiger partial charge in [0.15, 0.2) is 0 Å². The molecule has 20 heavy (non-hydrogen) atoms. The number of urea groups is 1. The third-order valence-electron chi connectivity index (χ3n) is 2.19. The summed E-state index contributed by atoms with van der Waals surface area (Å²) in [5.41, 5.74) is 0.387. The molecule has 0 fully saturated rings. The first kappa shape index (κ1) is 15.9. The summed E-state index contributed by atoms with van der Waals surface area (Å²) in [4.78, 5) is 22.3. The number of nitrogens with one attached hydrogen (secondary N) is 3. The van der Waals surface area contributed by atoms with Gasteiger partial charge in [0.1, 0.15) is 5.82 Å². The number of H-pyrrole nitrogens is 1. The van der Waals surface area contributed by atoms with E-state index in [0.717, 1.165) is 6.92 Å². The molecule has 0 aliphatic heterocycles. The lowest BCUT2D eigenvalue weighted by Gasteiger charge is -2.07. The molecule has 0 aliphatic rings. The number of ether oxygens (including phenoxy) is 1. The van der Waals surface area contributed by atoms with Gasteiger partial charge in [-0.15, -0.1) is 0 Å². The van der Waals surface area contributed by atoms with Gasteiger partial charge in [-0.1, -0.05) is 0 Å². The number of hydrogen-bond acceptors (Lipinski definition) is 4. The number of hydrogen-bond donors (Lipinski definition) is 3. The molecule has 1 aromatic rings. The molecule has 7 nitrogen and oxygen atoms in total. The van der Waals surface area contributed by atoms with Gasteiger partial charge < -0.3 is 4.74 Å². The van der Waals surface area contributed by atoms with Crippen molar-refractivity contribution < 1.29 is 23.1 Å². The van der Waals surface area contributed by atoms with Gasteiger partial charge in [0.05, 0.1) is 12.3 Å².